The topological polar surface area (TPSA) is 53.6 Å². The van der Waals surface area contributed by atoms with Crippen LogP contribution in [-0.2, 0) is 6.42 Å². The number of aliphatic hydroxyl groups is 1. The van der Waals surface area contributed by atoms with Crippen LogP contribution in [0.4, 0.5) is 0 Å². The molecule has 1 heterocycles. The maximum absolute atomic E-state index is 9.38. The molecule has 0 atom stereocenters. The summed E-state index contributed by atoms with van der Waals surface area (Å²) in [5.74, 6) is 1.09. The Bertz CT molecular complexity index is 754. The number of phenolic OH excluding ortho intramolecular Hbond substituents is 1. The van der Waals surface area contributed by atoms with Gasteiger partial charge in [0.25, 0.3) is 0 Å². The highest BCUT2D eigenvalue weighted by Crippen LogP contribution is 2.34. The zero-order chi connectivity index (χ0) is 14.8. The second-order valence-corrected chi connectivity index (χ2v) is 5.26. The van der Waals surface area contributed by atoms with Crippen molar-refractivity contribution in [3.05, 3.63) is 53.6 Å². The molecule has 0 aliphatic carbocycles. The third kappa shape index (κ3) is 2.65. The number of hydrogen-bond donors (Lipinski definition) is 2. The number of rotatable bonds is 4. The van der Waals surface area contributed by atoms with E-state index in [9.17, 15) is 5.11 Å². The van der Waals surface area contributed by atoms with Gasteiger partial charge in [0.15, 0.2) is 0 Å². The molecule has 0 aliphatic rings. The third-order valence-corrected chi connectivity index (χ3v) is 3.75. The minimum atomic E-state index is 0.209. The Labute approximate surface area is 123 Å². The maximum Gasteiger partial charge on any atom is 0.138 e. The van der Waals surface area contributed by atoms with E-state index < -0.39 is 0 Å². The van der Waals surface area contributed by atoms with Gasteiger partial charge < -0.3 is 14.6 Å². The first kappa shape index (κ1) is 13.7. The van der Waals surface area contributed by atoms with Crippen molar-refractivity contribution in [2.24, 2.45) is 0 Å². The predicted molar refractivity (Wildman–Crippen MR) is 83.5 cm³/mol. The average molecular weight is 282 g/mol. The summed E-state index contributed by atoms with van der Waals surface area (Å²) in [6.07, 6.45) is 1.64. The van der Waals surface area contributed by atoms with Gasteiger partial charge >= 0.3 is 0 Å². The molecule has 0 unspecified atom stereocenters. The molecule has 2 N–H and O–H groups in total. The highest BCUT2D eigenvalue weighted by molar-refractivity contribution is 5.88. The van der Waals surface area contributed by atoms with Crippen molar-refractivity contribution in [2.45, 2.75) is 19.8 Å². The van der Waals surface area contributed by atoms with Crippen LogP contribution in [0.5, 0.6) is 5.75 Å². The number of aromatic hydroxyl groups is 1. The van der Waals surface area contributed by atoms with Gasteiger partial charge in [0.1, 0.15) is 17.1 Å². The summed E-state index contributed by atoms with van der Waals surface area (Å²) >= 11 is 0. The van der Waals surface area contributed by atoms with Crippen LogP contribution in [0.25, 0.3) is 22.3 Å². The van der Waals surface area contributed by atoms with Gasteiger partial charge in [-0.05, 0) is 61.7 Å². The van der Waals surface area contributed by atoms with Gasteiger partial charge in [-0.3, -0.25) is 0 Å². The fourth-order valence-corrected chi connectivity index (χ4v) is 2.59. The van der Waals surface area contributed by atoms with Gasteiger partial charge in [-0.1, -0.05) is 6.07 Å². The van der Waals surface area contributed by atoms with E-state index >= 15 is 0 Å². The van der Waals surface area contributed by atoms with E-state index in [2.05, 4.69) is 6.07 Å². The SMILES string of the molecule is Cc1c(-c2ccc(O)cc2)oc2ccc(CCCO)cc12. The fraction of sp³-hybridized carbons (Fsp3) is 0.222. The lowest BCUT2D eigenvalue weighted by Crippen LogP contribution is -1.88. The smallest absolute Gasteiger partial charge is 0.138 e. The molecule has 108 valence electrons. The average Bonchev–Trinajstić information content (AvgIpc) is 2.83. The Balaban J connectivity index is 2.04. The van der Waals surface area contributed by atoms with Gasteiger partial charge in [0, 0.05) is 23.1 Å². The fourth-order valence-electron chi connectivity index (χ4n) is 2.59. The molecule has 0 spiro atoms. The number of aryl methyl sites for hydroxylation is 2. The van der Waals surface area contributed by atoms with Crippen LogP contribution in [0.2, 0.25) is 0 Å². The molecule has 21 heavy (non-hydrogen) atoms. The summed E-state index contributed by atoms with van der Waals surface area (Å²) in [4.78, 5) is 0. The van der Waals surface area contributed by atoms with Gasteiger partial charge in [0.2, 0.25) is 0 Å². The number of phenols is 1. The van der Waals surface area contributed by atoms with E-state index in [1.807, 2.05) is 31.2 Å². The summed E-state index contributed by atoms with van der Waals surface area (Å²) in [7, 11) is 0. The van der Waals surface area contributed by atoms with Crippen molar-refractivity contribution in [1.82, 2.24) is 0 Å². The molecule has 0 aliphatic heterocycles. The van der Waals surface area contributed by atoms with Crippen molar-refractivity contribution in [2.75, 3.05) is 6.61 Å². The van der Waals surface area contributed by atoms with Gasteiger partial charge in [-0.25, -0.2) is 0 Å². The first-order chi connectivity index (χ1) is 10.2. The molecule has 3 heteroatoms. The molecule has 3 aromatic rings. The van der Waals surface area contributed by atoms with Gasteiger partial charge in [0.05, 0.1) is 0 Å². The molecule has 0 saturated carbocycles. The Morgan fingerprint density at radius 2 is 1.81 bits per heavy atom. The standard InChI is InChI=1S/C18H18O3/c1-12-16-11-13(3-2-10-19)4-9-17(16)21-18(12)14-5-7-15(20)8-6-14/h4-9,11,19-20H,2-3,10H2,1H3. The molecule has 3 nitrogen and oxygen atoms in total. The first-order valence-electron chi connectivity index (χ1n) is 7.11. The number of benzene rings is 2. The third-order valence-electron chi connectivity index (χ3n) is 3.75. The second kappa shape index (κ2) is 5.62. The summed E-state index contributed by atoms with van der Waals surface area (Å²) in [5, 5.41) is 19.4. The van der Waals surface area contributed by atoms with E-state index in [0.717, 1.165) is 40.7 Å². The van der Waals surface area contributed by atoms with E-state index in [0.29, 0.717) is 0 Å². The number of fused-ring (bicyclic) bond motifs is 1. The summed E-state index contributed by atoms with van der Waals surface area (Å²) in [5.41, 5.74) is 4.13. The van der Waals surface area contributed by atoms with Crippen molar-refractivity contribution in [3.8, 4) is 17.1 Å². The zero-order valence-electron chi connectivity index (χ0n) is 12.0. The van der Waals surface area contributed by atoms with Crippen molar-refractivity contribution >= 4 is 11.0 Å². The van der Waals surface area contributed by atoms with Crippen LogP contribution >= 0.6 is 0 Å². The summed E-state index contributed by atoms with van der Waals surface area (Å²) in [6, 6.07) is 13.2. The van der Waals surface area contributed by atoms with Crippen LogP contribution in [0, 0.1) is 6.92 Å². The molecule has 2 aromatic carbocycles. The molecule has 0 amide bonds. The van der Waals surface area contributed by atoms with Crippen LogP contribution in [0.3, 0.4) is 0 Å². The van der Waals surface area contributed by atoms with Gasteiger partial charge in [-0.15, -0.1) is 0 Å². The highest BCUT2D eigenvalue weighted by Gasteiger charge is 2.12. The van der Waals surface area contributed by atoms with Gasteiger partial charge in [-0.2, -0.15) is 0 Å². The van der Waals surface area contributed by atoms with Crippen LogP contribution in [0.1, 0.15) is 17.5 Å². The number of hydrogen-bond acceptors (Lipinski definition) is 3. The van der Waals surface area contributed by atoms with Crippen LogP contribution in [-0.4, -0.2) is 16.8 Å². The molecular formula is C18H18O3. The number of furan rings is 1. The van der Waals surface area contributed by atoms with Crippen LogP contribution < -0.4 is 0 Å². The molecule has 0 radical (unpaired) electrons. The second-order valence-electron chi connectivity index (χ2n) is 5.26. The predicted octanol–water partition coefficient (Wildman–Crippen LogP) is 4.04. The van der Waals surface area contributed by atoms with Crippen LogP contribution in [0.15, 0.2) is 46.9 Å². The Morgan fingerprint density at radius 1 is 1.05 bits per heavy atom. The summed E-state index contributed by atoms with van der Waals surface area (Å²) in [6.45, 7) is 2.25. The number of aliphatic hydroxyl groups excluding tert-OH is 1. The lowest BCUT2D eigenvalue weighted by molar-refractivity contribution is 0.288. The molecular weight excluding hydrogens is 264 g/mol. The normalized spacial score (nSPS) is 11.1. The minimum absolute atomic E-state index is 0.209. The maximum atomic E-state index is 9.38. The Hall–Kier alpha value is -2.26. The van der Waals surface area contributed by atoms with Crippen molar-refractivity contribution in [1.29, 1.82) is 0 Å². The quantitative estimate of drug-likeness (QED) is 0.759. The largest absolute Gasteiger partial charge is 0.508 e. The lowest BCUT2D eigenvalue weighted by atomic mass is 10.0. The molecule has 0 saturated heterocycles. The Morgan fingerprint density at radius 3 is 2.52 bits per heavy atom. The zero-order valence-corrected chi connectivity index (χ0v) is 12.0. The van der Waals surface area contributed by atoms with E-state index in [1.54, 1.807) is 12.1 Å². The Kier molecular flexibility index (Phi) is 3.67. The van der Waals surface area contributed by atoms with Crippen molar-refractivity contribution < 1.29 is 14.6 Å². The highest BCUT2D eigenvalue weighted by atomic mass is 16.3. The summed E-state index contributed by atoms with van der Waals surface area (Å²) < 4.78 is 5.95. The molecule has 0 fully saturated rings. The monoisotopic (exact) mass is 282 g/mol. The molecule has 1 aromatic heterocycles. The van der Waals surface area contributed by atoms with Crippen molar-refractivity contribution in [3.63, 3.8) is 0 Å². The molecule has 0 bridgehead atoms. The first-order valence-corrected chi connectivity index (χ1v) is 7.11. The van der Waals surface area contributed by atoms with E-state index in [-0.39, 0.29) is 12.4 Å². The van der Waals surface area contributed by atoms with E-state index in [1.165, 1.54) is 5.56 Å². The lowest BCUT2D eigenvalue weighted by Gasteiger charge is -2.00. The molecule has 3 rings (SSSR count). The minimum Gasteiger partial charge on any atom is -0.508 e. The van der Waals surface area contributed by atoms with E-state index in [4.69, 9.17) is 9.52 Å².